The number of allylic oxidation sites excluding steroid dienone is 1. The average molecular weight is 427 g/mol. The highest BCUT2D eigenvalue weighted by Crippen LogP contribution is 2.77. The van der Waals surface area contributed by atoms with E-state index in [1.54, 1.807) is 0 Å². The summed E-state index contributed by atoms with van der Waals surface area (Å²) in [5.41, 5.74) is 3.38. The van der Waals surface area contributed by atoms with Crippen LogP contribution in [0.4, 0.5) is 0 Å². The van der Waals surface area contributed by atoms with Gasteiger partial charge in [0.25, 0.3) is 0 Å². The van der Waals surface area contributed by atoms with Crippen LogP contribution in [0.1, 0.15) is 113 Å². The van der Waals surface area contributed by atoms with E-state index in [1.807, 2.05) is 0 Å². The third kappa shape index (κ3) is 2.65. The summed E-state index contributed by atoms with van der Waals surface area (Å²) in [6.45, 7) is 22.3. The molecule has 1 N–H and O–H groups in total. The van der Waals surface area contributed by atoms with Crippen LogP contribution >= 0.6 is 0 Å². The lowest BCUT2D eigenvalue weighted by Crippen LogP contribution is -2.66. The van der Waals surface area contributed by atoms with E-state index in [0.29, 0.717) is 27.6 Å². The van der Waals surface area contributed by atoms with Crippen LogP contribution in [-0.4, -0.2) is 11.2 Å². The van der Waals surface area contributed by atoms with Gasteiger partial charge < -0.3 is 5.11 Å². The summed E-state index contributed by atoms with van der Waals surface area (Å²) >= 11 is 0. The van der Waals surface area contributed by atoms with E-state index in [4.69, 9.17) is 0 Å². The molecule has 176 valence electrons. The molecule has 5 aliphatic rings. The van der Waals surface area contributed by atoms with E-state index in [2.05, 4.69) is 55.0 Å². The van der Waals surface area contributed by atoms with Crippen LogP contribution in [0.2, 0.25) is 0 Å². The van der Waals surface area contributed by atoms with Gasteiger partial charge in [-0.15, -0.1) is 0 Å². The molecule has 5 saturated carbocycles. The van der Waals surface area contributed by atoms with Crippen LogP contribution in [0.15, 0.2) is 12.2 Å². The summed E-state index contributed by atoms with van der Waals surface area (Å²) in [6, 6.07) is 0. The molecule has 0 spiro atoms. The minimum atomic E-state index is -0.118. The first-order valence-corrected chi connectivity index (χ1v) is 13.6. The van der Waals surface area contributed by atoms with Crippen LogP contribution in [0.25, 0.3) is 0 Å². The van der Waals surface area contributed by atoms with Crippen molar-refractivity contribution in [3.63, 3.8) is 0 Å². The Kier molecular flexibility index (Phi) is 4.82. The maximum absolute atomic E-state index is 10.9. The predicted octanol–water partition coefficient (Wildman–Crippen LogP) is 8.02. The predicted molar refractivity (Wildman–Crippen MR) is 131 cm³/mol. The Balaban J connectivity index is 1.54. The second-order valence-electron chi connectivity index (χ2n) is 14.7. The fourth-order valence-electron chi connectivity index (χ4n) is 11.5. The second-order valence-corrected chi connectivity index (χ2v) is 14.7. The van der Waals surface area contributed by atoms with Gasteiger partial charge in [-0.2, -0.15) is 0 Å². The normalized spacial score (nSPS) is 57.9. The summed E-state index contributed by atoms with van der Waals surface area (Å²) < 4.78 is 0. The molecule has 1 nitrogen and oxygen atoms in total. The van der Waals surface area contributed by atoms with Gasteiger partial charge in [0, 0.05) is 0 Å². The highest BCUT2D eigenvalue weighted by atomic mass is 16.3. The zero-order valence-corrected chi connectivity index (χ0v) is 21.7. The maximum Gasteiger partial charge on any atom is 0.0594 e. The van der Waals surface area contributed by atoms with E-state index in [1.165, 1.54) is 63.4 Å². The third-order valence-electron chi connectivity index (χ3n) is 13.5. The van der Waals surface area contributed by atoms with Crippen LogP contribution in [0, 0.1) is 56.7 Å². The molecule has 0 heterocycles. The lowest BCUT2D eigenvalue weighted by atomic mass is 9.32. The Hall–Kier alpha value is -0.300. The molecule has 0 aromatic carbocycles. The van der Waals surface area contributed by atoms with Gasteiger partial charge in [0.2, 0.25) is 0 Å². The molecule has 0 radical (unpaired) electrons. The number of hydrogen-bond acceptors (Lipinski definition) is 1. The average Bonchev–Trinajstić information content (AvgIpc) is 3.04. The van der Waals surface area contributed by atoms with E-state index in [-0.39, 0.29) is 11.5 Å². The minimum Gasteiger partial charge on any atom is -0.393 e. The van der Waals surface area contributed by atoms with Crippen molar-refractivity contribution in [3.8, 4) is 0 Å². The van der Waals surface area contributed by atoms with Gasteiger partial charge in [0.15, 0.2) is 0 Å². The van der Waals surface area contributed by atoms with E-state index >= 15 is 0 Å². The highest BCUT2D eigenvalue weighted by molar-refractivity contribution is 5.21. The number of fused-ring (bicyclic) bond motifs is 7. The van der Waals surface area contributed by atoms with Gasteiger partial charge in [0.05, 0.1) is 6.10 Å². The van der Waals surface area contributed by atoms with Crippen LogP contribution < -0.4 is 0 Å². The van der Waals surface area contributed by atoms with Gasteiger partial charge in [-0.1, -0.05) is 53.7 Å². The Labute approximate surface area is 192 Å². The molecular weight excluding hydrogens is 376 g/mol. The highest BCUT2D eigenvalue weighted by Gasteiger charge is 2.70. The van der Waals surface area contributed by atoms with Crippen LogP contribution in [-0.2, 0) is 0 Å². The molecule has 0 amide bonds. The standard InChI is InChI=1S/C30H50O/c1-19(2)20-11-14-27(5)17-18-29(7)21(25(20)27)9-10-23-28(6)15-13-24(31)26(3,4)22(28)12-16-30(23,29)8/h20-25,31H,1,9-18H2,2-8H3/t20-,21?,22?,23?,24?,25?,27+,28-,29+,30+/m0/s1. The molecule has 5 rings (SSSR count). The van der Waals surface area contributed by atoms with Crippen LogP contribution in [0.3, 0.4) is 0 Å². The van der Waals surface area contributed by atoms with Gasteiger partial charge in [-0.25, -0.2) is 0 Å². The number of aliphatic hydroxyl groups is 1. The Morgan fingerprint density at radius 1 is 0.742 bits per heavy atom. The van der Waals surface area contributed by atoms with Crippen molar-refractivity contribution in [2.75, 3.05) is 0 Å². The van der Waals surface area contributed by atoms with Crippen molar-refractivity contribution >= 4 is 0 Å². The van der Waals surface area contributed by atoms with Crippen molar-refractivity contribution in [1.29, 1.82) is 0 Å². The SMILES string of the molecule is C=C(C)[C@@H]1CC[C@]2(C)CC[C@]3(C)C(CCC4[C@@]5(C)CCC(O)C(C)(C)C5CC[C@]43C)C12. The Bertz CT molecular complexity index is 766. The van der Waals surface area contributed by atoms with Crippen molar-refractivity contribution < 1.29 is 5.11 Å². The largest absolute Gasteiger partial charge is 0.393 e. The Morgan fingerprint density at radius 3 is 2.13 bits per heavy atom. The van der Waals surface area contributed by atoms with E-state index < -0.39 is 0 Å². The van der Waals surface area contributed by atoms with Crippen LogP contribution in [0.5, 0.6) is 0 Å². The molecule has 0 bridgehead atoms. The van der Waals surface area contributed by atoms with Gasteiger partial charge in [0.1, 0.15) is 0 Å². The molecule has 0 aromatic rings. The first-order chi connectivity index (χ1) is 14.3. The summed E-state index contributed by atoms with van der Waals surface area (Å²) in [6.07, 6.45) is 13.4. The maximum atomic E-state index is 10.9. The second kappa shape index (κ2) is 6.64. The van der Waals surface area contributed by atoms with E-state index in [0.717, 1.165) is 30.1 Å². The first kappa shape index (κ1) is 22.5. The summed E-state index contributed by atoms with van der Waals surface area (Å²) in [7, 11) is 0. The van der Waals surface area contributed by atoms with Crippen molar-refractivity contribution in [2.24, 2.45) is 56.7 Å². The Morgan fingerprint density at radius 2 is 1.45 bits per heavy atom. The fraction of sp³-hybridized carbons (Fsp3) is 0.933. The summed E-state index contributed by atoms with van der Waals surface area (Å²) in [5.74, 6) is 3.98. The first-order valence-electron chi connectivity index (χ1n) is 13.6. The number of rotatable bonds is 1. The third-order valence-corrected chi connectivity index (χ3v) is 13.5. The molecular formula is C30H50O. The number of hydrogen-bond donors (Lipinski definition) is 1. The zero-order chi connectivity index (χ0) is 22.6. The molecule has 5 fully saturated rings. The molecule has 0 aliphatic heterocycles. The molecule has 5 unspecified atom stereocenters. The topological polar surface area (TPSA) is 20.2 Å². The quantitative estimate of drug-likeness (QED) is 0.421. The molecule has 5 aliphatic carbocycles. The van der Waals surface area contributed by atoms with Crippen molar-refractivity contribution in [3.05, 3.63) is 12.2 Å². The minimum absolute atomic E-state index is 0.0632. The lowest BCUT2D eigenvalue weighted by Gasteiger charge is -2.73. The molecule has 31 heavy (non-hydrogen) atoms. The number of aliphatic hydroxyl groups excluding tert-OH is 1. The van der Waals surface area contributed by atoms with Gasteiger partial charge in [-0.05, 0) is 128 Å². The zero-order valence-electron chi connectivity index (χ0n) is 21.7. The molecule has 0 aromatic heterocycles. The van der Waals surface area contributed by atoms with E-state index in [9.17, 15) is 5.11 Å². The molecule has 0 saturated heterocycles. The fourth-order valence-corrected chi connectivity index (χ4v) is 11.5. The molecule has 10 atom stereocenters. The van der Waals surface area contributed by atoms with Crippen molar-refractivity contribution in [2.45, 2.75) is 119 Å². The monoisotopic (exact) mass is 426 g/mol. The summed E-state index contributed by atoms with van der Waals surface area (Å²) in [4.78, 5) is 0. The smallest absolute Gasteiger partial charge is 0.0594 e. The van der Waals surface area contributed by atoms with Gasteiger partial charge >= 0.3 is 0 Å². The molecule has 1 heteroatoms. The lowest BCUT2D eigenvalue weighted by molar-refractivity contribution is -0.246. The van der Waals surface area contributed by atoms with Gasteiger partial charge in [-0.3, -0.25) is 0 Å². The van der Waals surface area contributed by atoms with Crippen molar-refractivity contribution in [1.82, 2.24) is 0 Å². The summed E-state index contributed by atoms with van der Waals surface area (Å²) in [5, 5.41) is 10.9.